The highest BCUT2D eigenvalue weighted by atomic mass is 15.2. The molecule has 0 aliphatic heterocycles. The van der Waals surface area contributed by atoms with Crippen molar-refractivity contribution in [3.8, 4) is 0 Å². The van der Waals surface area contributed by atoms with Crippen LogP contribution < -0.4 is 17.2 Å². The molecule has 2 rings (SSSR count). The van der Waals surface area contributed by atoms with Gasteiger partial charge in [0.15, 0.2) is 5.96 Å². The second kappa shape index (κ2) is 4.12. The summed E-state index contributed by atoms with van der Waals surface area (Å²) in [6, 6.07) is 5.61. The number of aryl methyl sites for hydroxylation is 1. The molecule has 0 bridgehead atoms. The number of rotatable bonds is 1. The number of fused-ring (bicyclic) bond motifs is 1. The summed E-state index contributed by atoms with van der Waals surface area (Å²) in [7, 11) is 1.84. The number of guanidine groups is 2. The van der Waals surface area contributed by atoms with E-state index in [1.54, 1.807) is 10.7 Å². The standard InChI is InChI=1S/C10H13N7/c1-17-5-6-3-2-4-7(8(6)16-17)14-10(13)15-9(11)12/h2-5H,1H3,(H6,11,12,13,14,15). The maximum atomic E-state index is 5.57. The van der Waals surface area contributed by atoms with Crippen LogP contribution in [0.25, 0.3) is 10.9 Å². The molecule has 6 N–H and O–H groups in total. The van der Waals surface area contributed by atoms with Crippen LogP contribution in [0.3, 0.4) is 0 Å². The molecule has 0 saturated carbocycles. The fourth-order valence-corrected chi connectivity index (χ4v) is 1.52. The number of benzene rings is 1. The lowest BCUT2D eigenvalue weighted by atomic mass is 10.2. The molecule has 88 valence electrons. The highest BCUT2D eigenvalue weighted by Crippen LogP contribution is 2.23. The first-order chi connectivity index (χ1) is 8.06. The number of nitrogens with zero attached hydrogens (tertiary/aromatic N) is 4. The smallest absolute Gasteiger partial charge is 0.223 e. The maximum Gasteiger partial charge on any atom is 0.223 e. The molecule has 17 heavy (non-hydrogen) atoms. The zero-order chi connectivity index (χ0) is 12.4. The molecule has 0 saturated heterocycles. The highest BCUT2D eigenvalue weighted by molar-refractivity contribution is 5.96. The molecule has 1 aromatic carbocycles. The Bertz CT molecular complexity index is 604. The van der Waals surface area contributed by atoms with Crippen molar-refractivity contribution >= 4 is 28.5 Å². The van der Waals surface area contributed by atoms with Gasteiger partial charge in [0.1, 0.15) is 5.52 Å². The molecule has 1 aromatic heterocycles. The van der Waals surface area contributed by atoms with Gasteiger partial charge in [-0.25, -0.2) is 4.99 Å². The summed E-state index contributed by atoms with van der Waals surface area (Å²) in [6.45, 7) is 0. The fourth-order valence-electron chi connectivity index (χ4n) is 1.52. The number of aliphatic imine (C=N–C) groups is 2. The highest BCUT2D eigenvalue weighted by Gasteiger charge is 2.04. The van der Waals surface area contributed by atoms with E-state index in [0.717, 1.165) is 10.9 Å². The molecule has 0 radical (unpaired) electrons. The van der Waals surface area contributed by atoms with Crippen molar-refractivity contribution in [3.63, 3.8) is 0 Å². The second-order valence-corrected chi connectivity index (χ2v) is 3.52. The zero-order valence-corrected chi connectivity index (χ0v) is 9.33. The van der Waals surface area contributed by atoms with Crippen LogP contribution in [0.5, 0.6) is 0 Å². The predicted octanol–water partition coefficient (Wildman–Crippen LogP) is -0.207. The van der Waals surface area contributed by atoms with E-state index in [1.165, 1.54) is 0 Å². The van der Waals surface area contributed by atoms with E-state index >= 15 is 0 Å². The van der Waals surface area contributed by atoms with Gasteiger partial charge in [-0.05, 0) is 6.07 Å². The van der Waals surface area contributed by atoms with Crippen LogP contribution in [-0.2, 0) is 7.05 Å². The number of hydrogen-bond acceptors (Lipinski definition) is 2. The van der Waals surface area contributed by atoms with Crippen molar-refractivity contribution in [2.75, 3.05) is 0 Å². The average molecular weight is 231 g/mol. The van der Waals surface area contributed by atoms with Crippen LogP contribution in [0.1, 0.15) is 0 Å². The van der Waals surface area contributed by atoms with Crippen LogP contribution in [0.15, 0.2) is 34.4 Å². The third-order valence-corrected chi connectivity index (χ3v) is 2.11. The Morgan fingerprint density at radius 1 is 1.29 bits per heavy atom. The van der Waals surface area contributed by atoms with Crippen molar-refractivity contribution in [1.82, 2.24) is 9.78 Å². The Balaban J connectivity index is 2.52. The van der Waals surface area contributed by atoms with E-state index in [9.17, 15) is 0 Å². The van der Waals surface area contributed by atoms with Gasteiger partial charge in [0.05, 0.1) is 5.69 Å². The number of nitrogens with two attached hydrogens (primary N) is 3. The third kappa shape index (κ3) is 2.33. The Hall–Kier alpha value is -2.57. The first-order valence-electron chi connectivity index (χ1n) is 4.92. The lowest BCUT2D eigenvalue weighted by molar-refractivity contribution is 0.780. The fraction of sp³-hybridized carbons (Fsp3) is 0.100. The van der Waals surface area contributed by atoms with Gasteiger partial charge in [-0.15, -0.1) is 0 Å². The summed E-state index contributed by atoms with van der Waals surface area (Å²) in [5.74, 6) is -0.123. The zero-order valence-electron chi connectivity index (χ0n) is 9.33. The molecule has 0 amide bonds. The van der Waals surface area contributed by atoms with Gasteiger partial charge in [-0.1, -0.05) is 12.1 Å². The first kappa shape index (κ1) is 10.9. The van der Waals surface area contributed by atoms with Gasteiger partial charge < -0.3 is 17.2 Å². The van der Waals surface area contributed by atoms with Gasteiger partial charge in [-0.2, -0.15) is 10.1 Å². The van der Waals surface area contributed by atoms with Crippen LogP contribution >= 0.6 is 0 Å². The molecule has 2 aromatic rings. The molecule has 0 unspecified atom stereocenters. The molecule has 7 heteroatoms. The van der Waals surface area contributed by atoms with Gasteiger partial charge >= 0.3 is 0 Å². The van der Waals surface area contributed by atoms with E-state index in [2.05, 4.69) is 15.1 Å². The normalized spacial score (nSPS) is 11.7. The first-order valence-corrected chi connectivity index (χ1v) is 4.92. The Morgan fingerprint density at radius 3 is 2.76 bits per heavy atom. The van der Waals surface area contributed by atoms with Gasteiger partial charge in [0, 0.05) is 18.6 Å². The summed E-state index contributed by atoms with van der Waals surface area (Å²) in [5, 5.41) is 5.27. The van der Waals surface area contributed by atoms with E-state index in [1.807, 2.05) is 25.4 Å². The van der Waals surface area contributed by atoms with Gasteiger partial charge in [0.25, 0.3) is 0 Å². The molecule has 0 fully saturated rings. The minimum absolute atomic E-state index is 0.00292. The quantitative estimate of drug-likeness (QED) is 0.464. The van der Waals surface area contributed by atoms with E-state index in [4.69, 9.17) is 17.2 Å². The summed E-state index contributed by atoms with van der Waals surface area (Å²) in [5.41, 5.74) is 17.4. The predicted molar refractivity (Wildman–Crippen MR) is 67.8 cm³/mol. The molecular weight excluding hydrogens is 218 g/mol. The number of hydrogen-bond donors (Lipinski definition) is 3. The van der Waals surface area contributed by atoms with Gasteiger partial charge in [-0.3, -0.25) is 4.68 Å². The van der Waals surface area contributed by atoms with Crippen molar-refractivity contribution in [3.05, 3.63) is 24.4 Å². The molecule has 0 aliphatic carbocycles. The summed E-state index contributed by atoms with van der Waals surface area (Å²) in [6.07, 6.45) is 1.89. The van der Waals surface area contributed by atoms with Crippen molar-refractivity contribution in [2.24, 2.45) is 34.2 Å². The van der Waals surface area contributed by atoms with Gasteiger partial charge in [0.2, 0.25) is 5.96 Å². The molecule has 0 atom stereocenters. The van der Waals surface area contributed by atoms with Crippen LogP contribution in [0.4, 0.5) is 5.69 Å². The minimum Gasteiger partial charge on any atom is -0.370 e. The third-order valence-electron chi connectivity index (χ3n) is 2.11. The van der Waals surface area contributed by atoms with E-state index < -0.39 is 0 Å². The van der Waals surface area contributed by atoms with Crippen LogP contribution in [0.2, 0.25) is 0 Å². The molecule has 0 aliphatic rings. The van der Waals surface area contributed by atoms with Crippen LogP contribution in [-0.4, -0.2) is 21.7 Å². The monoisotopic (exact) mass is 231 g/mol. The van der Waals surface area contributed by atoms with Crippen molar-refractivity contribution in [2.45, 2.75) is 0 Å². The molecule has 7 nitrogen and oxygen atoms in total. The summed E-state index contributed by atoms with van der Waals surface area (Å²) >= 11 is 0. The topological polar surface area (TPSA) is 121 Å². The second-order valence-electron chi connectivity index (χ2n) is 3.52. The van der Waals surface area contributed by atoms with E-state index in [0.29, 0.717) is 5.69 Å². The minimum atomic E-state index is -0.126. The summed E-state index contributed by atoms with van der Waals surface area (Å²) in [4.78, 5) is 7.76. The number of aromatic nitrogens is 2. The SMILES string of the molecule is Cn1cc2cccc(N=C(N)N=C(N)N)c2n1. The lowest BCUT2D eigenvalue weighted by Crippen LogP contribution is -2.26. The van der Waals surface area contributed by atoms with E-state index in [-0.39, 0.29) is 11.9 Å². The molecule has 0 spiro atoms. The Kier molecular flexibility index (Phi) is 2.65. The van der Waals surface area contributed by atoms with Crippen LogP contribution in [0, 0.1) is 0 Å². The molecule has 1 heterocycles. The maximum absolute atomic E-state index is 5.57. The van der Waals surface area contributed by atoms with Crippen molar-refractivity contribution < 1.29 is 0 Å². The Morgan fingerprint density at radius 2 is 2.06 bits per heavy atom. The Labute approximate surface area is 97.6 Å². The largest absolute Gasteiger partial charge is 0.370 e. The lowest BCUT2D eigenvalue weighted by Gasteiger charge is -1.96. The summed E-state index contributed by atoms with van der Waals surface area (Å²) < 4.78 is 1.71. The van der Waals surface area contributed by atoms with Crippen molar-refractivity contribution in [1.29, 1.82) is 0 Å². The average Bonchev–Trinajstić information content (AvgIpc) is 2.58. The molecular formula is C10H13N7.